The first-order valence-corrected chi connectivity index (χ1v) is 10.9. The number of ether oxygens (including phenoxy) is 2. The molecule has 1 aliphatic carbocycles. The van der Waals surface area contributed by atoms with Crippen molar-refractivity contribution < 1.29 is 23.9 Å². The van der Waals surface area contributed by atoms with Crippen molar-refractivity contribution in [2.45, 2.75) is 63.3 Å². The Hall–Kier alpha value is -2.45. The third-order valence-electron chi connectivity index (χ3n) is 6.49. The maximum absolute atomic E-state index is 12.4. The van der Waals surface area contributed by atoms with Crippen LogP contribution in [0.3, 0.4) is 0 Å². The zero-order valence-corrected chi connectivity index (χ0v) is 17.0. The van der Waals surface area contributed by atoms with E-state index in [1.165, 1.54) is 6.42 Å². The number of hydrogen-bond acceptors (Lipinski definition) is 5. The second-order valence-corrected chi connectivity index (χ2v) is 8.66. The van der Waals surface area contributed by atoms with Crippen molar-refractivity contribution in [2.75, 3.05) is 29.9 Å². The Morgan fingerprint density at radius 1 is 1.10 bits per heavy atom. The Morgan fingerprint density at radius 3 is 2.73 bits per heavy atom. The molecule has 3 amide bonds. The molecule has 8 nitrogen and oxygen atoms in total. The molecule has 1 spiro atoms. The summed E-state index contributed by atoms with van der Waals surface area (Å²) in [7, 11) is 0. The number of benzene rings is 1. The first kappa shape index (κ1) is 19.5. The fourth-order valence-corrected chi connectivity index (χ4v) is 5.10. The Balaban J connectivity index is 1.17. The Bertz CT molecular complexity index is 893. The zero-order valence-electron chi connectivity index (χ0n) is 17.0. The van der Waals surface area contributed by atoms with E-state index >= 15 is 0 Å². The van der Waals surface area contributed by atoms with Crippen molar-refractivity contribution >= 4 is 29.1 Å². The molecular weight excluding hydrogens is 386 g/mol. The van der Waals surface area contributed by atoms with Gasteiger partial charge in [0, 0.05) is 31.6 Å². The van der Waals surface area contributed by atoms with Crippen LogP contribution in [0.15, 0.2) is 12.1 Å². The van der Waals surface area contributed by atoms with Gasteiger partial charge in [-0.25, -0.2) is 0 Å². The third-order valence-corrected chi connectivity index (χ3v) is 6.49. The maximum Gasteiger partial charge on any atom is 0.313 e. The number of amides is 3. The lowest BCUT2D eigenvalue weighted by Crippen LogP contribution is -2.41. The van der Waals surface area contributed by atoms with Gasteiger partial charge in [-0.3, -0.25) is 14.4 Å². The maximum atomic E-state index is 12.4. The van der Waals surface area contributed by atoms with Crippen LogP contribution in [-0.4, -0.2) is 49.3 Å². The van der Waals surface area contributed by atoms with Crippen molar-refractivity contribution in [3.8, 4) is 0 Å². The van der Waals surface area contributed by atoms with Gasteiger partial charge >= 0.3 is 11.8 Å². The lowest BCUT2D eigenvalue weighted by molar-refractivity contribution is -0.186. The van der Waals surface area contributed by atoms with Crippen molar-refractivity contribution in [3.63, 3.8) is 0 Å². The highest BCUT2D eigenvalue weighted by Crippen LogP contribution is 2.39. The van der Waals surface area contributed by atoms with Gasteiger partial charge in [-0.1, -0.05) is 6.42 Å². The molecule has 1 aromatic carbocycles. The number of carbonyl (C=O) groups excluding carboxylic acids is 3. The van der Waals surface area contributed by atoms with Gasteiger partial charge in [-0.05, 0) is 48.9 Å². The van der Waals surface area contributed by atoms with E-state index in [-0.39, 0.29) is 18.6 Å². The molecule has 0 unspecified atom stereocenters. The molecule has 5 rings (SSSR count). The summed E-state index contributed by atoms with van der Waals surface area (Å²) in [6.45, 7) is 1.43. The van der Waals surface area contributed by atoms with E-state index < -0.39 is 17.6 Å². The van der Waals surface area contributed by atoms with Crippen LogP contribution >= 0.6 is 0 Å². The van der Waals surface area contributed by atoms with Gasteiger partial charge in [0.1, 0.15) is 6.10 Å². The van der Waals surface area contributed by atoms with Crippen LogP contribution in [0.1, 0.15) is 49.7 Å². The summed E-state index contributed by atoms with van der Waals surface area (Å²) >= 11 is 0. The molecular formula is C22H27N3O5. The molecule has 3 heterocycles. The van der Waals surface area contributed by atoms with Gasteiger partial charge < -0.3 is 25.0 Å². The fourth-order valence-electron chi connectivity index (χ4n) is 5.10. The number of nitrogens with zero attached hydrogens (tertiary/aromatic N) is 1. The van der Waals surface area contributed by atoms with E-state index in [1.807, 2.05) is 11.0 Å². The fraction of sp³-hybridized carbons (Fsp3) is 0.591. The van der Waals surface area contributed by atoms with E-state index in [1.54, 1.807) is 6.07 Å². The van der Waals surface area contributed by atoms with Crippen LogP contribution in [0.25, 0.3) is 0 Å². The molecule has 0 aromatic heterocycles. The van der Waals surface area contributed by atoms with E-state index in [2.05, 4.69) is 10.6 Å². The first-order valence-electron chi connectivity index (χ1n) is 10.9. The van der Waals surface area contributed by atoms with Gasteiger partial charge in [0.05, 0.1) is 18.7 Å². The van der Waals surface area contributed by atoms with Crippen LogP contribution in [0, 0.1) is 0 Å². The molecule has 1 saturated carbocycles. The number of anilines is 2. The molecule has 2 fully saturated rings. The summed E-state index contributed by atoms with van der Waals surface area (Å²) in [4.78, 5) is 38.7. The highest BCUT2D eigenvalue weighted by Gasteiger charge is 2.42. The Labute approximate surface area is 175 Å². The predicted molar refractivity (Wildman–Crippen MR) is 109 cm³/mol. The predicted octanol–water partition coefficient (Wildman–Crippen LogP) is 1.65. The van der Waals surface area contributed by atoms with Crippen LogP contribution in [-0.2, 0) is 36.7 Å². The lowest BCUT2D eigenvalue weighted by atomic mass is 9.94. The topological polar surface area (TPSA) is 97.0 Å². The summed E-state index contributed by atoms with van der Waals surface area (Å²) in [5, 5.41) is 5.33. The number of rotatable bonds is 3. The average Bonchev–Trinajstić information content (AvgIpc) is 3.28. The molecule has 1 aromatic rings. The van der Waals surface area contributed by atoms with Gasteiger partial charge in [0.2, 0.25) is 5.91 Å². The molecule has 1 saturated heterocycles. The molecule has 4 aliphatic rings. The van der Waals surface area contributed by atoms with Gasteiger partial charge in [0.15, 0.2) is 5.79 Å². The quantitative estimate of drug-likeness (QED) is 0.735. The molecule has 8 heteroatoms. The number of hydrogen-bond donors (Lipinski definition) is 2. The van der Waals surface area contributed by atoms with Gasteiger partial charge in [-0.15, -0.1) is 0 Å². The molecule has 3 aliphatic heterocycles. The van der Waals surface area contributed by atoms with Crippen LogP contribution in [0.5, 0.6) is 0 Å². The zero-order chi connectivity index (χ0) is 20.7. The van der Waals surface area contributed by atoms with Crippen LogP contribution < -0.4 is 15.5 Å². The minimum Gasteiger partial charge on any atom is -0.347 e. The SMILES string of the molecule is O=C(NC[C@@H]1COC2(CCCCC2)O1)C(=O)Nc1cc2c3c(c1)CC(=O)N3CCC2. The van der Waals surface area contributed by atoms with Crippen molar-refractivity contribution in [3.05, 3.63) is 23.3 Å². The Morgan fingerprint density at radius 2 is 1.90 bits per heavy atom. The number of carbonyl (C=O) groups is 3. The summed E-state index contributed by atoms with van der Waals surface area (Å²) < 4.78 is 11.9. The Kier molecular flexibility index (Phi) is 4.99. The molecule has 160 valence electrons. The standard InChI is InChI=1S/C22H27N3O5/c26-18-11-15-10-16(9-14-5-4-8-25(18)19(14)15)24-21(28)20(27)23-12-17-13-29-22(30-17)6-2-1-3-7-22/h9-10,17H,1-8,11-13H2,(H,23,27)(H,24,28)/t17-/m1/s1. The molecule has 30 heavy (non-hydrogen) atoms. The highest BCUT2D eigenvalue weighted by molar-refractivity contribution is 6.39. The van der Waals surface area contributed by atoms with Crippen LogP contribution in [0.4, 0.5) is 11.4 Å². The summed E-state index contributed by atoms with van der Waals surface area (Å²) in [5.74, 6) is -1.81. The van der Waals surface area contributed by atoms with E-state index in [0.717, 1.165) is 61.9 Å². The van der Waals surface area contributed by atoms with Gasteiger partial charge in [-0.2, -0.15) is 0 Å². The van der Waals surface area contributed by atoms with Crippen molar-refractivity contribution in [1.29, 1.82) is 0 Å². The third kappa shape index (κ3) is 3.58. The summed E-state index contributed by atoms with van der Waals surface area (Å²) in [6, 6.07) is 3.67. The summed E-state index contributed by atoms with van der Waals surface area (Å²) in [6.07, 6.45) is 7.04. The molecule has 1 atom stereocenters. The van der Waals surface area contributed by atoms with Crippen molar-refractivity contribution in [1.82, 2.24) is 5.32 Å². The molecule has 2 N–H and O–H groups in total. The lowest BCUT2D eigenvalue weighted by Gasteiger charge is -2.31. The van der Waals surface area contributed by atoms with Crippen molar-refractivity contribution in [2.24, 2.45) is 0 Å². The van der Waals surface area contributed by atoms with Gasteiger partial charge in [0.25, 0.3) is 0 Å². The average molecular weight is 413 g/mol. The largest absolute Gasteiger partial charge is 0.347 e. The highest BCUT2D eigenvalue weighted by atomic mass is 16.7. The minimum atomic E-state index is -0.717. The van der Waals surface area contributed by atoms with Crippen LogP contribution in [0.2, 0.25) is 0 Å². The van der Waals surface area contributed by atoms with E-state index in [4.69, 9.17) is 9.47 Å². The molecule has 0 bridgehead atoms. The van der Waals surface area contributed by atoms with E-state index in [0.29, 0.717) is 18.7 Å². The first-order chi connectivity index (χ1) is 14.5. The molecule has 0 radical (unpaired) electrons. The monoisotopic (exact) mass is 413 g/mol. The number of nitrogens with one attached hydrogen (secondary N) is 2. The van der Waals surface area contributed by atoms with E-state index in [9.17, 15) is 14.4 Å². The minimum absolute atomic E-state index is 0.0988. The number of aryl methyl sites for hydroxylation is 1. The summed E-state index contributed by atoms with van der Waals surface area (Å²) in [5.41, 5.74) is 3.52. The second kappa shape index (κ2) is 7.67. The smallest absolute Gasteiger partial charge is 0.313 e. The second-order valence-electron chi connectivity index (χ2n) is 8.66. The normalized spacial score (nSPS) is 24.1.